The number of amides is 1. The minimum atomic E-state index is -0.516. The monoisotopic (exact) mass is 429 g/mol. The summed E-state index contributed by atoms with van der Waals surface area (Å²) in [5, 5.41) is 12.5. The number of thioether (sulfide) groups is 1. The number of para-hydroxylation sites is 1. The largest absolute Gasteiger partial charge is 0.368 e. The second-order valence-corrected chi connectivity index (χ2v) is 8.12. The van der Waals surface area contributed by atoms with Crippen molar-refractivity contribution in [1.82, 2.24) is 14.8 Å². The van der Waals surface area contributed by atoms with E-state index in [-0.39, 0.29) is 11.9 Å². The molecule has 29 heavy (non-hydrogen) atoms. The van der Waals surface area contributed by atoms with Crippen LogP contribution < -0.4 is 11.1 Å². The van der Waals surface area contributed by atoms with Gasteiger partial charge in [0.1, 0.15) is 6.04 Å². The predicted octanol–water partition coefficient (Wildman–Crippen LogP) is 5.01. The summed E-state index contributed by atoms with van der Waals surface area (Å²) < 4.78 is 1.70. The molecule has 3 rings (SSSR count). The van der Waals surface area contributed by atoms with Gasteiger partial charge in [-0.1, -0.05) is 66.7 Å². The van der Waals surface area contributed by atoms with Crippen molar-refractivity contribution in [2.75, 3.05) is 11.1 Å². The Morgan fingerprint density at radius 2 is 1.86 bits per heavy atom. The van der Waals surface area contributed by atoms with Crippen LogP contribution in [0.5, 0.6) is 0 Å². The van der Waals surface area contributed by atoms with E-state index in [0.29, 0.717) is 22.4 Å². The maximum Gasteiger partial charge on any atom is 0.247 e. The van der Waals surface area contributed by atoms with Crippen molar-refractivity contribution in [2.45, 2.75) is 44.1 Å². The number of carbonyl (C=O) groups excluding carboxylic acids is 1. The first-order valence-electron chi connectivity index (χ1n) is 9.36. The molecule has 1 unspecified atom stereocenters. The zero-order chi connectivity index (χ0) is 21.0. The lowest BCUT2D eigenvalue weighted by Crippen LogP contribution is -2.27. The Morgan fingerprint density at radius 3 is 2.52 bits per heavy atom. The molecule has 0 saturated heterocycles. The van der Waals surface area contributed by atoms with E-state index < -0.39 is 6.04 Å². The highest BCUT2D eigenvalue weighted by molar-refractivity contribution is 7.98. The molecule has 152 valence electrons. The normalized spacial score (nSPS) is 12.0. The number of nitrogens with two attached hydrogens (primary N) is 1. The second-order valence-electron chi connectivity index (χ2n) is 6.77. The summed E-state index contributed by atoms with van der Waals surface area (Å²) in [6.45, 7) is 5.89. The van der Waals surface area contributed by atoms with Gasteiger partial charge >= 0.3 is 0 Å². The highest BCUT2D eigenvalue weighted by atomic mass is 35.5. The third-order valence-corrected chi connectivity index (χ3v) is 6.10. The molecule has 0 bridgehead atoms. The van der Waals surface area contributed by atoms with Crippen LogP contribution in [0.4, 0.5) is 11.6 Å². The van der Waals surface area contributed by atoms with Crippen LogP contribution in [-0.2, 0) is 10.5 Å². The van der Waals surface area contributed by atoms with Crippen molar-refractivity contribution >= 4 is 40.9 Å². The van der Waals surface area contributed by atoms with Gasteiger partial charge < -0.3 is 11.1 Å². The molecule has 1 heterocycles. The lowest BCUT2D eigenvalue weighted by atomic mass is 10.1. The summed E-state index contributed by atoms with van der Waals surface area (Å²) >= 11 is 7.70. The van der Waals surface area contributed by atoms with Crippen molar-refractivity contribution in [3.8, 4) is 0 Å². The molecule has 3 aromatic rings. The summed E-state index contributed by atoms with van der Waals surface area (Å²) in [5.41, 5.74) is 9.92. The SMILES string of the molecule is CCC(C(=O)Nc1c(C)cccc1C)n1c(N)nnc1SCc1ccccc1Cl. The molecule has 1 amide bonds. The van der Waals surface area contributed by atoms with Crippen molar-refractivity contribution < 1.29 is 4.79 Å². The standard InChI is InChI=1S/C21H24ClN5OS/c1-4-17(19(28)24-18-13(2)8-7-9-14(18)3)27-20(23)25-26-21(27)29-12-15-10-5-6-11-16(15)22/h5-11,17H,4,12H2,1-3H3,(H2,23,25)(H,24,28). The zero-order valence-electron chi connectivity index (χ0n) is 16.6. The fourth-order valence-corrected chi connectivity index (χ4v) is 4.42. The summed E-state index contributed by atoms with van der Waals surface area (Å²) in [6, 6.07) is 13.0. The van der Waals surface area contributed by atoms with E-state index in [9.17, 15) is 4.79 Å². The molecule has 0 aliphatic carbocycles. The molecule has 0 saturated carbocycles. The van der Waals surface area contributed by atoms with Gasteiger partial charge in [-0.05, 0) is 43.0 Å². The highest BCUT2D eigenvalue weighted by Gasteiger charge is 2.25. The molecular formula is C21H24ClN5OS. The lowest BCUT2D eigenvalue weighted by Gasteiger charge is -2.20. The van der Waals surface area contributed by atoms with E-state index in [2.05, 4.69) is 15.5 Å². The lowest BCUT2D eigenvalue weighted by molar-refractivity contribution is -0.119. The van der Waals surface area contributed by atoms with Gasteiger partial charge in [0, 0.05) is 16.5 Å². The Balaban J connectivity index is 1.83. The topological polar surface area (TPSA) is 85.8 Å². The molecule has 0 fully saturated rings. The van der Waals surface area contributed by atoms with Gasteiger partial charge in [-0.3, -0.25) is 9.36 Å². The van der Waals surface area contributed by atoms with Crippen LogP contribution in [0.15, 0.2) is 47.6 Å². The quantitative estimate of drug-likeness (QED) is 0.515. The first kappa shape index (κ1) is 21.2. The average Bonchev–Trinajstić information content (AvgIpc) is 3.05. The smallest absolute Gasteiger partial charge is 0.247 e. The van der Waals surface area contributed by atoms with Crippen LogP contribution in [0.1, 0.15) is 36.1 Å². The first-order chi connectivity index (χ1) is 13.9. The number of aryl methyl sites for hydroxylation is 2. The molecule has 0 aliphatic heterocycles. The third-order valence-electron chi connectivity index (χ3n) is 4.74. The van der Waals surface area contributed by atoms with E-state index in [0.717, 1.165) is 22.4 Å². The molecule has 0 spiro atoms. The van der Waals surface area contributed by atoms with Crippen LogP contribution in [0.25, 0.3) is 0 Å². The van der Waals surface area contributed by atoms with Crippen molar-refractivity contribution in [2.24, 2.45) is 0 Å². The summed E-state index contributed by atoms with van der Waals surface area (Å²) in [5.74, 6) is 0.679. The van der Waals surface area contributed by atoms with Crippen LogP contribution in [0, 0.1) is 13.8 Å². The minimum absolute atomic E-state index is 0.143. The Hall–Kier alpha value is -2.51. The van der Waals surface area contributed by atoms with Crippen LogP contribution >= 0.6 is 23.4 Å². The van der Waals surface area contributed by atoms with E-state index >= 15 is 0 Å². The number of hydrogen-bond acceptors (Lipinski definition) is 5. The fraction of sp³-hybridized carbons (Fsp3) is 0.286. The molecule has 3 N–H and O–H groups in total. The van der Waals surface area contributed by atoms with Crippen LogP contribution in [0.3, 0.4) is 0 Å². The highest BCUT2D eigenvalue weighted by Crippen LogP contribution is 2.30. The molecule has 1 aromatic heterocycles. The zero-order valence-corrected chi connectivity index (χ0v) is 18.2. The number of nitrogens with zero attached hydrogens (tertiary/aromatic N) is 3. The summed E-state index contributed by atoms with van der Waals surface area (Å²) in [4.78, 5) is 13.1. The molecule has 2 aromatic carbocycles. The average molecular weight is 430 g/mol. The number of aromatic nitrogens is 3. The Morgan fingerprint density at radius 1 is 1.17 bits per heavy atom. The number of hydrogen-bond donors (Lipinski definition) is 2. The van der Waals surface area contributed by atoms with Gasteiger partial charge in [-0.15, -0.1) is 10.2 Å². The number of nitrogens with one attached hydrogen (secondary N) is 1. The van der Waals surface area contributed by atoms with Gasteiger partial charge in [0.05, 0.1) is 0 Å². The maximum absolute atomic E-state index is 13.1. The molecule has 6 nitrogen and oxygen atoms in total. The van der Waals surface area contributed by atoms with Gasteiger partial charge in [0.25, 0.3) is 0 Å². The Kier molecular flexibility index (Phi) is 6.82. The number of halogens is 1. The first-order valence-corrected chi connectivity index (χ1v) is 10.7. The van der Waals surface area contributed by atoms with Crippen molar-refractivity contribution in [3.05, 3.63) is 64.2 Å². The Labute approximate surface area is 179 Å². The van der Waals surface area contributed by atoms with Crippen molar-refractivity contribution in [3.63, 3.8) is 0 Å². The van der Waals surface area contributed by atoms with Gasteiger partial charge in [0.2, 0.25) is 11.9 Å². The fourth-order valence-electron chi connectivity index (χ4n) is 3.14. The van der Waals surface area contributed by atoms with Crippen LogP contribution in [0.2, 0.25) is 5.02 Å². The van der Waals surface area contributed by atoms with Gasteiger partial charge in [-0.25, -0.2) is 0 Å². The van der Waals surface area contributed by atoms with Gasteiger partial charge in [-0.2, -0.15) is 0 Å². The number of anilines is 2. The van der Waals surface area contributed by atoms with Gasteiger partial charge in [0.15, 0.2) is 5.16 Å². The predicted molar refractivity (Wildman–Crippen MR) is 119 cm³/mol. The van der Waals surface area contributed by atoms with E-state index in [1.54, 1.807) is 4.57 Å². The maximum atomic E-state index is 13.1. The second kappa shape index (κ2) is 9.33. The van der Waals surface area contributed by atoms with Crippen molar-refractivity contribution in [1.29, 1.82) is 0 Å². The number of nitrogen functional groups attached to an aromatic ring is 1. The van der Waals surface area contributed by atoms with E-state index in [1.807, 2.05) is 63.2 Å². The molecule has 1 atom stereocenters. The molecular weight excluding hydrogens is 406 g/mol. The van der Waals surface area contributed by atoms with Crippen LogP contribution in [-0.4, -0.2) is 20.7 Å². The minimum Gasteiger partial charge on any atom is -0.368 e. The number of rotatable bonds is 7. The third kappa shape index (κ3) is 4.74. The summed E-state index contributed by atoms with van der Waals surface area (Å²) in [7, 11) is 0. The summed E-state index contributed by atoms with van der Waals surface area (Å²) in [6.07, 6.45) is 0.554. The van der Waals surface area contributed by atoms with E-state index in [1.165, 1.54) is 11.8 Å². The molecule has 0 radical (unpaired) electrons. The number of carbonyl (C=O) groups is 1. The molecule has 0 aliphatic rings. The Bertz CT molecular complexity index is 1000. The molecule has 8 heteroatoms. The van der Waals surface area contributed by atoms with E-state index in [4.69, 9.17) is 17.3 Å². The number of benzene rings is 2.